The van der Waals surface area contributed by atoms with Crippen molar-refractivity contribution in [1.82, 2.24) is 10.6 Å². The van der Waals surface area contributed by atoms with Gasteiger partial charge in [-0.25, -0.2) is 4.79 Å². The van der Waals surface area contributed by atoms with Crippen molar-refractivity contribution in [1.29, 1.82) is 0 Å². The highest BCUT2D eigenvalue weighted by Gasteiger charge is 2.65. The molecule has 4 aliphatic rings. The number of aliphatic hydroxyl groups excluding tert-OH is 3. The maximum atomic E-state index is 12.7. The summed E-state index contributed by atoms with van der Waals surface area (Å²) in [7, 11) is 0. The number of rotatable bonds is 10. The third kappa shape index (κ3) is 6.60. The molecule has 0 bridgehead atoms. The average Bonchev–Trinajstić information content (AvgIpc) is 3.35. The fourth-order valence-electron chi connectivity index (χ4n) is 10.3. The Morgan fingerprint density at radius 2 is 1.67 bits per heavy atom. The third-order valence-corrected chi connectivity index (χ3v) is 12.8. The maximum Gasteiger partial charge on any atom is 0.326 e. The van der Waals surface area contributed by atoms with Crippen LogP contribution in [0.15, 0.2) is 24.3 Å². The molecule has 0 aromatic heterocycles. The zero-order chi connectivity index (χ0) is 32.7. The van der Waals surface area contributed by atoms with Crippen molar-refractivity contribution in [3.05, 3.63) is 29.8 Å². The summed E-state index contributed by atoms with van der Waals surface area (Å²) in [6.07, 6.45) is 5.37. The highest BCUT2D eigenvalue weighted by atomic mass is 16.4. The molecule has 4 aliphatic carbocycles. The van der Waals surface area contributed by atoms with Crippen LogP contribution in [0.2, 0.25) is 0 Å². The van der Waals surface area contributed by atoms with Gasteiger partial charge in [-0.3, -0.25) is 9.59 Å². The van der Waals surface area contributed by atoms with Crippen LogP contribution in [0.4, 0.5) is 0 Å². The second kappa shape index (κ2) is 13.2. The molecule has 45 heavy (non-hydrogen) atoms. The molecule has 0 unspecified atom stereocenters. The number of nitrogens with one attached hydrogen (secondary N) is 2. The molecule has 0 radical (unpaired) electrons. The lowest BCUT2D eigenvalue weighted by atomic mass is 9.43. The predicted octanol–water partition coefficient (Wildman–Crippen LogP) is 3.00. The first kappa shape index (κ1) is 33.7. The Balaban J connectivity index is 1.13. The molecule has 7 N–H and O–H groups in total. The summed E-state index contributed by atoms with van der Waals surface area (Å²) in [6.45, 7) is 6.33. The van der Waals surface area contributed by atoms with Crippen molar-refractivity contribution >= 4 is 17.8 Å². The summed E-state index contributed by atoms with van der Waals surface area (Å²) in [5.41, 5.74) is 0.318. The van der Waals surface area contributed by atoms with E-state index in [1.807, 2.05) is 0 Å². The highest BCUT2D eigenvalue weighted by Crippen LogP contribution is 2.68. The molecule has 12 atom stereocenters. The molecular weight excluding hydrogens is 576 g/mol. The van der Waals surface area contributed by atoms with Gasteiger partial charge in [-0.15, -0.1) is 0 Å². The summed E-state index contributed by atoms with van der Waals surface area (Å²) in [6, 6.07) is 4.92. The first-order valence-corrected chi connectivity index (χ1v) is 16.8. The van der Waals surface area contributed by atoms with Gasteiger partial charge in [-0.2, -0.15) is 0 Å². The van der Waals surface area contributed by atoms with Crippen LogP contribution in [0.25, 0.3) is 0 Å². The molecule has 250 valence electrons. The lowest BCUT2D eigenvalue weighted by Gasteiger charge is -2.63. The van der Waals surface area contributed by atoms with E-state index in [0.29, 0.717) is 18.4 Å². The number of fused-ring (bicyclic) bond motifs is 5. The van der Waals surface area contributed by atoms with E-state index in [1.54, 1.807) is 12.1 Å². The SMILES string of the molecule is C[C@H](CCC(=O)NCC(=O)N[C@@H](Cc1ccc(O)cc1)C(=O)O)[C@H]1CC[C@H]2[C@@H]3[C@H](O)C[C@@H]4C[C@H](O)CC[C@]4(C)[C@H]3C[C@H](O)[C@]12C. The largest absolute Gasteiger partial charge is 0.508 e. The zero-order valence-electron chi connectivity index (χ0n) is 26.8. The molecule has 10 nitrogen and oxygen atoms in total. The summed E-state index contributed by atoms with van der Waals surface area (Å²) >= 11 is 0. The third-order valence-electron chi connectivity index (χ3n) is 12.8. The number of carboxylic acid groups (broad SMARTS) is 1. The first-order chi connectivity index (χ1) is 21.2. The number of aliphatic hydroxyl groups is 3. The monoisotopic (exact) mass is 628 g/mol. The van der Waals surface area contributed by atoms with Crippen LogP contribution >= 0.6 is 0 Å². The Morgan fingerprint density at radius 1 is 0.956 bits per heavy atom. The number of carbonyl (C=O) groups is 3. The number of phenolic OH excluding ortho intramolecular Hbond substituents is 1. The second-order valence-electron chi connectivity index (χ2n) is 15.1. The fourth-order valence-corrected chi connectivity index (χ4v) is 10.3. The average molecular weight is 629 g/mol. The molecule has 4 saturated carbocycles. The summed E-state index contributed by atoms with van der Waals surface area (Å²) < 4.78 is 0. The smallest absolute Gasteiger partial charge is 0.326 e. The molecule has 1 aromatic rings. The Kier molecular flexibility index (Phi) is 9.88. The van der Waals surface area contributed by atoms with Gasteiger partial charge in [-0.1, -0.05) is 32.9 Å². The predicted molar refractivity (Wildman–Crippen MR) is 167 cm³/mol. The standard InChI is InChI=1S/C35H52N2O8/c1-19(4-11-30(42)36-18-31(43)37-27(33(44)45)14-20-5-7-22(38)8-6-20)24-9-10-25-32-26(17-29(41)35(24,25)3)34(2)13-12-23(39)15-21(34)16-28(32)40/h5-8,19,21,23-29,32,38-41H,4,9-18H2,1-3H3,(H,36,42)(H,37,43)(H,44,45)/t19-,21+,23-,24-,25+,26+,27+,28-,29+,32+,34+,35-/m1/s1. The molecule has 2 amide bonds. The van der Waals surface area contributed by atoms with Gasteiger partial charge in [-0.05, 0) is 115 Å². The molecule has 10 heteroatoms. The van der Waals surface area contributed by atoms with Crippen LogP contribution < -0.4 is 10.6 Å². The molecule has 1 aromatic carbocycles. The molecule has 0 aliphatic heterocycles. The molecule has 0 spiro atoms. The topological polar surface area (TPSA) is 176 Å². The van der Waals surface area contributed by atoms with E-state index in [0.717, 1.165) is 38.5 Å². The van der Waals surface area contributed by atoms with Gasteiger partial charge in [0.2, 0.25) is 11.8 Å². The molecule has 4 fully saturated rings. The van der Waals surface area contributed by atoms with Crippen LogP contribution in [0, 0.1) is 46.3 Å². The number of phenols is 1. The highest BCUT2D eigenvalue weighted by molar-refractivity contribution is 5.88. The van der Waals surface area contributed by atoms with Crippen molar-refractivity contribution < 1.29 is 39.9 Å². The number of aliphatic carboxylic acids is 1. The van der Waals surface area contributed by atoms with Gasteiger partial charge in [0.25, 0.3) is 0 Å². The Morgan fingerprint density at radius 3 is 2.36 bits per heavy atom. The lowest BCUT2D eigenvalue weighted by Crippen LogP contribution is -2.62. The van der Waals surface area contributed by atoms with Crippen molar-refractivity contribution in [2.75, 3.05) is 6.54 Å². The second-order valence-corrected chi connectivity index (χ2v) is 15.1. The number of aromatic hydroxyl groups is 1. The quantitative estimate of drug-likeness (QED) is 0.207. The molecule has 5 rings (SSSR count). The Labute approximate surface area is 266 Å². The number of hydrogen-bond donors (Lipinski definition) is 7. The zero-order valence-corrected chi connectivity index (χ0v) is 26.8. The van der Waals surface area contributed by atoms with E-state index in [1.165, 1.54) is 12.1 Å². The number of hydrogen-bond acceptors (Lipinski definition) is 7. The van der Waals surface area contributed by atoms with Gasteiger partial charge in [0.1, 0.15) is 11.8 Å². The van der Waals surface area contributed by atoms with Crippen LogP contribution in [-0.4, -0.2) is 74.2 Å². The van der Waals surface area contributed by atoms with Gasteiger partial charge in [0.05, 0.1) is 24.9 Å². The van der Waals surface area contributed by atoms with E-state index >= 15 is 0 Å². The summed E-state index contributed by atoms with van der Waals surface area (Å²) in [4.78, 5) is 36.9. The van der Waals surface area contributed by atoms with Gasteiger partial charge >= 0.3 is 5.97 Å². The van der Waals surface area contributed by atoms with Gasteiger partial charge in [0, 0.05) is 12.8 Å². The molecular formula is C35H52N2O8. The minimum absolute atomic E-state index is 0.0233. The first-order valence-electron chi connectivity index (χ1n) is 16.8. The summed E-state index contributed by atoms with van der Waals surface area (Å²) in [5.74, 6) is -0.789. The Hall–Kier alpha value is -2.69. The maximum absolute atomic E-state index is 12.7. The lowest BCUT2D eigenvalue weighted by molar-refractivity contribution is -0.207. The molecule has 0 saturated heterocycles. The number of benzene rings is 1. The van der Waals surface area contributed by atoms with E-state index in [4.69, 9.17) is 0 Å². The summed E-state index contributed by atoms with van der Waals surface area (Å²) in [5, 5.41) is 57.6. The van der Waals surface area contributed by atoms with E-state index in [-0.39, 0.29) is 83.5 Å². The number of amides is 2. The van der Waals surface area contributed by atoms with E-state index < -0.39 is 30.1 Å². The number of carbonyl (C=O) groups excluding carboxylic acids is 2. The van der Waals surface area contributed by atoms with Gasteiger partial charge in [0.15, 0.2) is 0 Å². The van der Waals surface area contributed by atoms with E-state index in [9.17, 15) is 39.9 Å². The fraction of sp³-hybridized carbons (Fsp3) is 0.743. The van der Waals surface area contributed by atoms with E-state index in [2.05, 4.69) is 31.4 Å². The van der Waals surface area contributed by atoms with Crippen molar-refractivity contribution in [3.8, 4) is 5.75 Å². The minimum atomic E-state index is -1.19. The minimum Gasteiger partial charge on any atom is -0.508 e. The van der Waals surface area contributed by atoms with Gasteiger partial charge < -0.3 is 36.2 Å². The van der Waals surface area contributed by atoms with Crippen molar-refractivity contribution in [2.24, 2.45) is 46.3 Å². The van der Waals surface area contributed by atoms with Crippen LogP contribution in [-0.2, 0) is 20.8 Å². The normalized spacial score (nSPS) is 38.6. The molecule has 0 heterocycles. The Bertz CT molecular complexity index is 1240. The van der Waals surface area contributed by atoms with Crippen molar-refractivity contribution in [3.63, 3.8) is 0 Å². The number of carboxylic acids is 1. The van der Waals surface area contributed by atoms with Crippen molar-refractivity contribution in [2.45, 2.75) is 109 Å². The van der Waals surface area contributed by atoms with Crippen LogP contribution in [0.3, 0.4) is 0 Å². The van der Waals surface area contributed by atoms with Crippen LogP contribution in [0.5, 0.6) is 5.75 Å². The van der Waals surface area contributed by atoms with Crippen LogP contribution in [0.1, 0.15) is 84.1 Å².